The molecule has 1 aliphatic carbocycles. The first-order chi connectivity index (χ1) is 9.66. The second kappa shape index (κ2) is 5.26. The number of carbonyl (C=O) groups is 1. The molecule has 3 rings (SSSR count). The summed E-state index contributed by atoms with van der Waals surface area (Å²) in [7, 11) is 2.03. The first kappa shape index (κ1) is 13.7. The van der Waals surface area contributed by atoms with Gasteiger partial charge in [-0.15, -0.1) is 0 Å². The van der Waals surface area contributed by atoms with Crippen LogP contribution in [0.3, 0.4) is 0 Å². The van der Waals surface area contributed by atoms with Gasteiger partial charge in [-0.1, -0.05) is 30.3 Å². The number of hydrazine groups is 1. The summed E-state index contributed by atoms with van der Waals surface area (Å²) in [5, 5.41) is 0. The van der Waals surface area contributed by atoms with Gasteiger partial charge >= 0.3 is 0 Å². The molecule has 0 amide bonds. The van der Waals surface area contributed by atoms with Crippen molar-refractivity contribution in [3.05, 3.63) is 35.9 Å². The van der Waals surface area contributed by atoms with E-state index < -0.39 is 0 Å². The molecule has 0 radical (unpaired) electrons. The zero-order valence-corrected chi connectivity index (χ0v) is 11.7. The molecule has 0 aromatic heterocycles. The molecular weight excluding hydrogens is 254 g/mol. The van der Waals surface area contributed by atoms with Gasteiger partial charge in [-0.2, -0.15) is 0 Å². The maximum atomic E-state index is 12.1. The lowest BCUT2D eigenvalue weighted by molar-refractivity contribution is -0.127. The van der Waals surface area contributed by atoms with Crippen LogP contribution in [0.5, 0.6) is 0 Å². The normalized spacial score (nSPS) is 32.9. The molecule has 1 aliphatic heterocycles. The largest absolute Gasteiger partial charge is 0.368 e. The van der Waals surface area contributed by atoms with Crippen LogP contribution in [0.2, 0.25) is 0 Å². The minimum absolute atomic E-state index is 0.00560. The summed E-state index contributed by atoms with van der Waals surface area (Å²) in [6.45, 7) is 1.50. The second-order valence-electron chi connectivity index (χ2n) is 5.81. The van der Waals surface area contributed by atoms with Crippen molar-refractivity contribution in [2.24, 2.45) is 5.84 Å². The number of hydrogen-bond donors (Lipinski definition) is 2. The van der Waals surface area contributed by atoms with E-state index in [4.69, 9.17) is 10.6 Å². The fraction of sp³-hybridized carbons (Fsp3) is 0.533. The maximum Gasteiger partial charge on any atom is 0.152 e. The number of benzene rings is 1. The molecule has 108 valence electrons. The van der Waals surface area contributed by atoms with Gasteiger partial charge in [0.05, 0.1) is 18.7 Å². The number of nitrogens with zero attached hydrogens (tertiary/aromatic N) is 1. The molecule has 0 bridgehead atoms. The molecule has 1 spiro atoms. The average Bonchev–Trinajstić information content (AvgIpc) is 3.22. The first-order valence-corrected chi connectivity index (χ1v) is 7.03. The summed E-state index contributed by atoms with van der Waals surface area (Å²) in [6, 6.07) is 9.88. The Balaban J connectivity index is 1.80. The lowest BCUT2D eigenvalue weighted by Crippen LogP contribution is -2.63. The predicted octanol–water partition coefficient (Wildman–Crippen LogP) is 0.451. The van der Waals surface area contributed by atoms with Crippen molar-refractivity contribution in [2.75, 3.05) is 13.7 Å². The molecule has 5 heteroatoms. The number of likely N-dealkylation sites (N-methyl/N-ethyl adjacent to an activating group) is 1. The van der Waals surface area contributed by atoms with E-state index in [2.05, 4.69) is 22.5 Å². The smallest absolute Gasteiger partial charge is 0.152 e. The second-order valence-corrected chi connectivity index (χ2v) is 5.81. The number of Topliss-reactive ketones (excluding diaryl/α,β-unsaturated/α-hetero) is 1. The van der Waals surface area contributed by atoms with Crippen molar-refractivity contribution in [1.29, 1.82) is 0 Å². The fourth-order valence-electron chi connectivity index (χ4n) is 3.34. The fourth-order valence-corrected chi connectivity index (χ4v) is 3.34. The van der Waals surface area contributed by atoms with Gasteiger partial charge in [-0.25, -0.2) is 5.43 Å². The summed E-state index contributed by atoms with van der Waals surface area (Å²) in [5.74, 6) is 5.79. The third-order valence-electron chi connectivity index (χ3n) is 4.44. The van der Waals surface area contributed by atoms with Gasteiger partial charge in [0, 0.05) is 13.0 Å². The molecule has 1 aromatic carbocycles. The van der Waals surface area contributed by atoms with Crippen molar-refractivity contribution in [3.8, 4) is 0 Å². The van der Waals surface area contributed by atoms with Crippen LogP contribution in [0.4, 0.5) is 0 Å². The monoisotopic (exact) mass is 275 g/mol. The topological polar surface area (TPSA) is 70.9 Å². The van der Waals surface area contributed by atoms with Crippen LogP contribution < -0.4 is 11.3 Å². The van der Waals surface area contributed by atoms with Crippen LogP contribution in [-0.4, -0.2) is 42.0 Å². The molecule has 1 aromatic rings. The summed E-state index contributed by atoms with van der Waals surface area (Å²) in [4.78, 5) is 14.3. The SMILES string of the molecule is CN(Cc1ccccc1)C1C(NN)C(=O)CCC12CO2. The van der Waals surface area contributed by atoms with Crippen molar-refractivity contribution in [2.45, 2.75) is 37.1 Å². The highest BCUT2D eigenvalue weighted by molar-refractivity contribution is 5.86. The van der Waals surface area contributed by atoms with E-state index in [0.717, 1.165) is 19.6 Å². The van der Waals surface area contributed by atoms with Crippen molar-refractivity contribution in [1.82, 2.24) is 10.3 Å². The Hall–Kier alpha value is -1.27. The summed E-state index contributed by atoms with van der Waals surface area (Å²) in [5.41, 5.74) is 3.73. The van der Waals surface area contributed by atoms with Crippen molar-refractivity contribution >= 4 is 5.78 Å². The number of carbonyl (C=O) groups excluding carboxylic acids is 1. The molecule has 1 saturated heterocycles. The summed E-state index contributed by atoms with van der Waals surface area (Å²) in [6.07, 6.45) is 1.35. The molecule has 20 heavy (non-hydrogen) atoms. The third kappa shape index (κ3) is 2.38. The Morgan fingerprint density at radius 2 is 2.15 bits per heavy atom. The van der Waals surface area contributed by atoms with E-state index in [9.17, 15) is 4.79 Å². The Kier molecular flexibility index (Phi) is 3.60. The Morgan fingerprint density at radius 3 is 2.75 bits per heavy atom. The number of ether oxygens (including phenoxy) is 1. The molecule has 3 unspecified atom stereocenters. The highest BCUT2D eigenvalue weighted by Crippen LogP contribution is 2.43. The number of epoxide rings is 1. The highest BCUT2D eigenvalue weighted by Gasteiger charge is 2.59. The third-order valence-corrected chi connectivity index (χ3v) is 4.44. The molecule has 3 atom stereocenters. The van der Waals surface area contributed by atoms with E-state index in [1.165, 1.54) is 5.56 Å². The summed E-state index contributed by atoms with van der Waals surface area (Å²) < 4.78 is 5.70. The first-order valence-electron chi connectivity index (χ1n) is 7.03. The lowest BCUT2D eigenvalue weighted by atomic mass is 9.79. The van der Waals surface area contributed by atoms with Crippen molar-refractivity contribution in [3.63, 3.8) is 0 Å². The van der Waals surface area contributed by atoms with Crippen molar-refractivity contribution < 1.29 is 9.53 Å². The zero-order chi connectivity index (χ0) is 14.2. The van der Waals surface area contributed by atoms with Gasteiger partial charge in [0.2, 0.25) is 0 Å². The van der Waals surface area contributed by atoms with Gasteiger partial charge in [0.25, 0.3) is 0 Å². The maximum absolute atomic E-state index is 12.1. The van der Waals surface area contributed by atoms with Crippen LogP contribution in [0, 0.1) is 0 Å². The predicted molar refractivity (Wildman–Crippen MR) is 75.7 cm³/mol. The Bertz CT molecular complexity index is 487. The number of nitrogens with two attached hydrogens (primary N) is 1. The van der Waals surface area contributed by atoms with Gasteiger partial charge in [0.15, 0.2) is 5.78 Å². The molecular formula is C15H21N3O2. The van der Waals surface area contributed by atoms with Crippen LogP contribution in [0.1, 0.15) is 18.4 Å². The standard InChI is InChI=1S/C15H21N3O2/c1-18(9-11-5-3-2-4-6-11)14-13(17-16)12(19)7-8-15(14)10-20-15/h2-6,13-14,17H,7-10,16H2,1H3. The van der Waals surface area contributed by atoms with Crippen LogP contribution in [-0.2, 0) is 16.1 Å². The van der Waals surface area contributed by atoms with Crippen LogP contribution in [0.15, 0.2) is 30.3 Å². The van der Waals surface area contributed by atoms with E-state index in [1.807, 2.05) is 25.2 Å². The highest BCUT2D eigenvalue weighted by atomic mass is 16.6. The van der Waals surface area contributed by atoms with E-state index >= 15 is 0 Å². The Labute approximate surface area is 119 Å². The quantitative estimate of drug-likeness (QED) is 0.474. The zero-order valence-electron chi connectivity index (χ0n) is 11.7. The minimum Gasteiger partial charge on any atom is -0.368 e. The van der Waals surface area contributed by atoms with Gasteiger partial charge in [-0.05, 0) is 19.0 Å². The molecule has 3 N–H and O–H groups in total. The lowest BCUT2D eigenvalue weighted by Gasteiger charge is -2.40. The van der Waals surface area contributed by atoms with E-state index in [1.54, 1.807) is 0 Å². The summed E-state index contributed by atoms with van der Waals surface area (Å²) >= 11 is 0. The van der Waals surface area contributed by atoms with Gasteiger partial charge in [-0.3, -0.25) is 15.5 Å². The number of nitrogens with one attached hydrogen (secondary N) is 1. The molecule has 2 fully saturated rings. The molecule has 5 nitrogen and oxygen atoms in total. The minimum atomic E-state index is -0.347. The molecule has 2 aliphatic rings. The van der Waals surface area contributed by atoms with Crippen LogP contribution in [0.25, 0.3) is 0 Å². The van der Waals surface area contributed by atoms with E-state index in [-0.39, 0.29) is 23.5 Å². The number of ketones is 1. The number of rotatable bonds is 4. The van der Waals surface area contributed by atoms with Crippen LogP contribution >= 0.6 is 0 Å². The molecule has 1 saturated carbocycles. The average molecular weight is 275 g/mol. The number of hydrogen-bond acceptors (Lipinski definition) is 5. The van der Waals surface area contributed by atoms with Gasteiger partial charge in [0.1, 0.15) is 5.60 Å². The van der Waals surface area contributed by atoms with Gasteiger partial charge < -0.3 is 4.74 Å². The van der Waals surface area contributed by atoms with E-state index in [0.29, 0.717) is 6.42 Å². The molecule has 1 heterocycles. The Morgan fingerprint density at radius 1 is 1.45 bits per heavy atom.